The van der Waals surface area contributed by atoms with E-state index in [2.05, 4.69) is 4.72 Å². The Labute approximate surface area is 83.1 Å². The molecule has 3 atom stereocenters. The van der Waals surface area contributed by atoms with Gasteiger partial charge in [-0.2, -0.15) is 0 Å². The molecule has 5 nitrogen and oxygen atoms in total. The van der Waals surface area contributed by atoms with E-state index in [9.17, 15) is 13.2 Å². The van der Waals surface area contributed by atoms with Crippen molar-refractivity contribution in [1.82, 2.24) is 4.72 Å². The summed E-state index contributed by atoms with van der Waals surface area (Å²) in [5.41, 5.74) is 4.69. The molecular formula is C8H14N2O3S. The van der Waals surface area contributed by atoms with Gasteiger partial charge in [-0.1, -0.05) is 6.42 Å². The Hall–Kier alpha value is -0.620. The molecule has 0 aromatic carbocycles. The largest absolute Gasteiger partial charge is 0.369 e. The number of hydrogen-bond donors (Lipinski definition) is 2. The molecule has 2 aliphatic rings. The second-order valence-electron chi connectivity index (χ2n) is 4.29. The van der Waals surface area contributed by atoms with Gasteiger partial charge >= 0.3 is 0 Å². The standard InChI is InChI=1S/C8H14N2O3S/c1-14(12,13)10-8-4-2-3-5(8)6(8)7(9)11/h5-6,10H,2-4H2,1H3,(H2,9,11). The molecule has 2 fully saturated rings. The summed E-state index contributed by atoms with van der Waals surface area (Å²) in [7, 11) is -3.25. The molecular weight excluding hydrogens is 204 g/mol. The molecule has 1 amide bonds. The van der Waals surface area contributed by atoms with Gasteiger partial charge in [-0.3, -0.25) is 4.79 Å². The van der Waals surface area contributed by atoms with Gasteiger partial charge in [0.1, 0.15) is 0 Å². The molecule has 0 heterocycles. The van der Waals surface area contributed by atoms with E-state index in [0.717, 1.165) is 25.5 Å². The second kappa shape index (κ2) is 2.70. The lowest BCUT2D eigenvalue weighted by atomic mass is 10.1. The highest BCUT2D eigenvalue weighted by Gasteiger charge is 2.70. The Kier molecular flexibility index (Phi) is 1.91. The van der Waals surface area contributed by atoms with E-state index in [0.29, 0.717) is 0 Å². The van der Waals surface area contributed by atoms with Crippen LogP contribution < -0.4 is 10.5 Å². The summed E-state index contributed by atoms with van der Waals surface area (Å²) >= 11 is 0. The van der Waals surface area contributed by atoms with Crippen molar-refractivity contribution >= 4 is 15.9 Å². The van der Waals surface area contributed by atoms with Gasteiger partial charge in [-0.15, -0.1) is 0 Å². The van der Waals surface area contributed by atoms with Gasteiger partial charge in [-0.05, 0) is 18.8 Å². The summed E-state index contributed by atoms with van der Waals surface area (Å²) in [4.78, 5) is 11.1. The predicted octanol–water partition coefficient (Wildman–Crippen LogP) is -0.810. The van der Waals surface area contributed by atoms with Gasteiger partial charge in [0.2, 0.25) is 15.9 Å². The van der Waals surface area contributed by atoms with Gasteiger partial charge in [0.05, 0.1) is 12.2 Å². The maximum absolute atomic E-state index is 11.1. The van der Waals surface area contributed by atoms with Crippen molar-refractivity contribution in [3.8, 4) is 0 Å². The molecule has 0 radical (unpaired) electrons. The van der Waals surface area contributed by atoms with Crippen LogP contribution in [-0.4, -0.2) is 26.1 Å². The summed E-state index contributed by atoms with van der Waals surface area (Å²) in [6, 6.07) is 0. The Balaban J connectivity index is 2.20. The van der Waals surface area contributed by atoms with Crippen molar-refractivity contribution in [2.75, 3.05) is 6.26 Å². The van der Waals surface area contributed by atoms with Crippen molar-refractivity contribution < 1.29 is 13.2 Å². The van der Waals surface area contributed by atoms with Crippen LogP contribution in [0.2, 0.25) is 0 Å². The van der Waals surface area contributed by atoms with Crippen molar-refractivity contribution in [2.45, 2.75) is 24.8 Å². The van der Waals surface area contributed by atoms with Crippen LogP contribution in [0.1, 0.15) is 19.3 Å². The Morgan fingerprint density at radius 1 is 1.57 bits per heavy atom. The Bertz CT molecular complexity index is 378. The molecule has 3 unspecified atom stereocenters. The van der Waals surface area contributed by atoms with Crippen LogP contribution in [0.3, 0.4) is 0 Å². The number of carbonyl (C=O) groups excluding carboxylic acids is 1. The average Bonchev–Trinajstić information content (AvgIpc) is 2.38. The quantitative estimate of drug-likeness (QED) is 0.649. The minimum atomic E-state index is -3.25. The monoisotopic (exact) mass is 218 g/mol. The predicted molar refractivity (Wildman–Crippen MR) is 50.7 cm³/mol. The molecule has 0 bridgehead atoms. The van der Waals surface area contributed by atoms with Crippen molar-refractivity contribution in [3.05, 3.63) is 0 Å². The first-order valence-corrected chi connectivity index (χ1v) is 6.54. The van der Waals surface area contributed by atoms with Crippen LogP contribution in [0.25, 0.3) is 0 Å². The van der Waals surface area contributed by atoms with E-state index >= 15 is 0 Å². The van der Waals surface area contributed by atoms with Crippen LogP contribution in [0, 0.1) is 11.8 Å². The van der Waals surface area contributed by atoms with Crippen molar-refractivity contribution in [2.24, 2.45) is 17.6 Å². The van der Waals surface area contributed by atoms with Crippen LogP contribution in [0.4, 0.5) is 0 Å². The van der Waals surface area contributed by atoms with Crippen LogP contribution in [-0.2, 0) is 14.8 Å². The van der Waals surface area contributed by atoms with Crippen LogP contribution in [0.5, 0.6) is 0 Å². The highest BCUT2D eigenvalue weighted by molar-refractivity contribution is 7.88. The zero-order valence-corrected chi connectivity index (χ0v) is 8.80. The fourth-order valence-corrected chi connectivity index (χ4v) is 3.96. The van der Waals surface area contributed by atoms with Gasteiger partial charge in [0.15, 0.2) is 0 Å². The number of rotatable bonds is 3. The molecule has 0 aliphatic heterocycles. The fraction of sp³-hybridized carbons (Fsp3) is 0.875. The van der Waals surface area contributed by atoms with Gasteiger partial charge in [-0.25, -0.2) is 13.1 Å². The van der Waals surface area contributed by atoms with Crippen molar-refractivity contribution in [3.63, 3.8) is 0 Å². The number of amides is 1. The Morgan fingerprint density at radius 3 is 2.64 bits per heavy atom. The molecule has 6 heteroatoms. The first-order chi connectivity index (χ1) is 6.37. The molecule has 14 heavy (non-hydrogen) atoms. The normalized spacial score (nSPS) is 40.6. The second-order valence-corrected chi connectivity index (χ2v) is 6.04. The fourth-order valence-electron chi connectivity index (χ4n) is 2.89. The molecule has 0 saturated heterocycles. The number of primary amides is 1. The third-order valence-electron chi connectivity index (χ3n) is 3.30. The molecule has 2 saturated carbocycles. The third-order valence-corrected chi connectivity index (χ3v) is 4.05. The number of sulfonamides is 1. The molecule has 0 spiro atoms. The summed E-state index contributed by atoms with van der Waals surface area (Å²) in [5, 5.41) is 0. The van der Waals surface area contributed by atoms with E-state index in [1.54, 1.807) is 0 Å². The summed E-state index contributed by atoms with van der Waals surface area (Å²) < 4.78 is 24.8. The molecule has 2 rings (SSSR count). The number of carbonyl (C=O) groups is 1. The first-order valence-electron chi connectivity index (χ1n) is 4.65. The topological polar surface area (TPSA) is 89.3 Å². The van der Waals surface area contributed by atoms with E-state index < -0.39 is 15.6 Å². The van der Waals surface area contributed by atoms with Gasteiger partial charge < -0.3 is 5.73 Å². The molecule has 2 aliphatic carbocycles. The van der Waals surface area contributed by atoms with Gasteiger partial charge in [0.25, 0.3) is 0 Å². The van der Waals surface area contributed by atoms with Crippen LogP contribution >= 0.6 is 0 Å². The van der Waals surface area contributed by atoms with Gasteiger partial charge in [0, 0.05) is 5.54 Å². The maximum atomic E-state index is 11.1. The first kappa shape index (κ1) is 9.92. The van der Waals surface area contributed by atoms with E-state index in [-0.39, 0.29) is 17.7 Å². The van der Waals surface area contributed by atoms with E-state index in [4.69, 9.17) is 5.73 Å². The molecule has 80 valence electrons. The summed E-state index contributed by atoms with van der Waals surface area (Å²) in [5.74, 6) is -0.536. The lowest BCUT2D eigenvalue weighted by molar-refractivity contribution is -0.120. The maximum Gasteiger partial charge on any atom is 0.222 e. The number of nitrogens with one attached hydrogen (secondary N) is 1. The Morgan fingerprint density at radius 2 is 2.21 bits per heavy atom. The zero-order chi connectivity index (χ0) is 10.6. The minimum Gasteiger partial charge on any atom is -0.369 e. The summed E-state index contributed by atoms with van der Waals surface area (Å²) in [6.07, 6.45) is 3.72. The average molecular weight is 218 g/mol. The number of hydrogen-bond acceptors (Lipinski definition) is 3. The van der Waals surface area contributed by atoms with Crippen molar-refractivity contribution in [1.29, 1.82) is 0 Å². The number of nitrogens with two attached hydrogens (primary N) is 1. The molecule has 0 aromatic heterocycles. The summed E-state index contributed by atoms with van der Waals surface area (Å²) in [6.45, 7) is 0. The molecule has 3 N–H and O–H groups in total. The van der Waals surface area contributed by atoms with E-state index in [1.165, 1.54) is 0 Å². The SMILES string of the molecule is CS(=O)(=O)NC12CCCC1C2C(N)=O. The number of fused-ring (bicyclic) bond motifs is 1. The highest BCUT2D eigenvalue weighted by atomic mass is 32.2. The third kappa shape index (κ3) is 1.33. The smallest absolute Gasteiger partial charge is 0.222 e. The van der Waals surface area contributed by atoms with Crippen LogP contribution in [0.15, 0.2) is 0 Å². The highest BCUT2D eigenvalue weighted by Crippen LogP contribution is 2.61. The minimum absolute atomic E-state index is 0.134. The lowest BCUT2D eigenvalue weighted by Gasteiger charge is -2.14. The zero-order valence-electron chi connectivity index (χ0n) is 7.99. The van der Waals surface area contributed by atoms with E-state index in [1.807, 2.05) is 0 Å². The lowest BCUT2D eigenvalue weighted by Crippen LogP contribution is -2.39. The molecule has 0 aromatic rings.